The van der Waals surface area contributed by atoms with E-state index in [0.717, 1.165) is 12.3 Å². The lowest BCUT2D eigenvalue weighted by Crippen LogP contribution is -2.18. The first-order valence-electron chi connectivity index (χ1n) is 6.37. The molecule has 0 spiro atoms. The number of carbonyl (C=O) groups excluding carboxylic acids is 1. The van der Waals surface area contributed by atoms with Gasteiger partial charge in [-0.1, -0.05) is 11.6 Å². The number of rotatable bonds is 4. The van der Waals surface area contributed by atoms with Crippen LogP contribution < -0.4 is 4.74 Å². The third-order valence-electron chi connectivity index (χ3n) is 2.93. The molecule has 0 N–H and O–H groups in total. The number of benzene rings is 1. The Kier molecular flexibility index (Phi) is 5.16. The molecule has 0 aliphatic heterocycles. The first kappa shape index (κ1) is 17.6. The van der Waals surface area contributed by atoms with Crippen molar-refractivity contribution in [3.05, 3.63) is 47.1 Å². The summed E-state index contributed by atoms with van der Waals surface area (Å²) in [5.41, 5.74) is -0.186. The molecule has 23 heavy (non-hydrogen) atoms. The van der Waals surface area contributed by atoms with Crippen molar-refractivity contribution >= 4 is 28.4 Å². The van der Waals surface area contributed by atoms with E-state index in [1.54, 1.807) is 24.3 Å². The Morgan fingerprint density at radius 3 is 2.35 bits per heavy atom. The van der Waals surface area contributed by atoms with E-state index in [1.807, 2.05) is 0 Å². The summed E-state index contributed by atoms with van der Waals surface area (Å²) < 4.78 is 43.0. The van der Waals surface area contributed by atoms with E-state index in [4.69, 9.17) is 27.9 Å². The molecule has 0 amide bonds. The van der Waals surface area contributed by atoms with Crippen molar-refractivity contribution in [1.82, 2.24) is 4.98 Å². The number of nitrogens with zero attached hydrogens (tertiary/aromatic N) is 1. The zero-order valence-electron chi connectivity index (χ0n) is 11.7. The molecule has 0 saturated carbocycles. The predicted octanol–water partition coefficient (Wildman–Crippen LogP) is 4.95. The molecule has 2 rings (SSSR count). The summed E-state index contributed by atoms with van der Waals surface area (Å²) in [7, 11) is 0. The maximum Gasteiger partial charge on any atom is 0.417 e. The third kappa shape index (κ3) is 4.36. The van der Waals surface area contributed by atoms with Gasteiger partial charge in [0, 0.05) is 11.8 Å². The van der Waals surface area contributed by atoms with Crippen LogP contribution in [0.3, 0.4) is 0 Å². The standard InChI is InChI=1S/C15H10Cl2F3NO2/c1-8(14(17)22)23-11-4-2-9(3-5-11)13-12(16)6-10(7-21-13)15(18,19)20/h2-8H,1H3. The monoisotopic (exact) mass is 363 g/mol. The SMILES string of the molecule is CC(Oc1ccc(-c2ncc(C(F)(F)F)cc2Cl)cc1)C(=O)Cl. The molecule has 0 fully saturated rings. The van der Waals surface area contributed by atoms with Gasteiger partial charge >= 0.3 is 6.18 Å². The molecule has 0 aliphatic carbocycles. The van der Waals surface area contributed by atoms with Gasteiger partial charge in [-0.2, -0.15) is 13.2 Å². The van der Waals surface area contributed by atoms with Crippen molar-refractivity contribution in [2.45, 2.75) is 19.2 Å². The Hall–Kier alpha value is -1.79. The first-order chi connectivity index (χ1) is 10.7. The van der Waals surface area contributed by atoms with E-state index in [2.05, 4.69) is 4.98 Å². The second-order valence-electron chi connectivity index (χ2n) is 4.64. The molecular formula is C15H10Cl2F3NO2. The van der Waals surface area contributed by atoms with Crippen molar-refractivity contribution < 1.29 is 22.7 Å². The van der Waals surface area contributed by atoms with Gasteiger partial charge < -0.3 is 4.74 Å². The molecule has 0 bridgehead atoms. The summed E-state index contributed by atoms with van der Waals surface area (Å²) in [6.07, 6.45) is -4.59. The van der Waals surface area contributed by atoms with Crippen LogP contribution in [0, 0.1) is 0 Å². The van der Waals surface area contributed by atoms with Crippen LogP contribution in [0.15, 0.2) is 36.5 Å². The van der Waals surface area contributed by atoms with Gasteiger partial charge in [-0.05, 0) is 48.9 Å². The maximum absolute atomic E-state index is 12.6. The fourth-order valence-corrected chi connectivity index (χ4v) is 2.07. The molecule has 0 radical (unpaired) electrons. The van der Waals surface area contributed by atoms with Crippen molar-refractivity contribution in [3.8, 4) is 17.0 Å². The van der Waals surface area contributed by atoms with Gasteiger partial charge in [0.1, 0.15) is 5.75 Å². The normalized spacial score (nSPS) is 12.8. The summed E-state index contributed by atoms with van der Waals surface area (Å²) in [6, 6.07) is 7.05. The van der Waals surface area contributed by atoms with E-state index in [9.17, 15) is 18.0 Å². The van der Waals surface area contributed by atoms with Gasteiger partial charge in [-0.25, -0.2) is 0 Å². The smallest absolute Gasteiger partial charge is 0.417 e. The molecule has 122 valence electrons. The Balaban J connectivity index is 2.24. The number of ether oxygens (including phenoxy) is 1. The number of hydrogen-bond acceptors (Lipinski definition) is 3. The third-order valence-corrected chi connectivity index (χ3v) is 3.52. The molecule has 1 unspecified atom stereocenters. The average Bonchev–Trinajstić information content (AvgIpc) is 2.47. The summed E-state index contributed by atoms with van der Waals surface area (Å²) in [6.45, 7) is 1.50. The van der Waals surface area contributed by atoms with Crippen LogP contribution in [0.4, 0.5) is 13.2 Å². The van der Waals surface area contributed by atoms with Crippen LogP contribution in [0.5, 0.6) is 5.75 Å². The Bertz CT molecular complexity index is 718. The van der Waals surface area contributed by atoms with Gasteiger partial charge in [-0.15, -0.1) is 0 Å². The topological polar surface area (TPSA) is 39.2 Å². The summed E-state index contributed by atoms with van der Waals surface area (Å²) in [5, 5.41) is -0.751. The molecule has 0 saturated heterocycles. The van der Waals surface area contributed by atoms with Crippen LogP contribution in [-0.2, 0) is 11.0 Å². The highest BCUT2D eigenvalue weighted by Gasteiger charge is 2.31. The van der Waals surface area contributed by atoms with Crippen molar-refractivity contribution in [2.75, 3.05) is 0 Å². The van der Waals surface area contributed by atoms with Gasteiger partial charge in [0.2, 0.25) is 0 Å². The molecule has 1 aromatic carbocycles. The van der Waals surface area contributed by atoms with Crippen LogP contribution >= 0.6 is 23.2 Å². The Labute approximate surface area is 140 Å². The number of carbonyl (C=O) groups is 1. The minimum Gasteiger partial charge on any atom is -0.482 e. The van der Waals surface area contributed by atoms with Gasteiger partial charge in [0.25, 0.3) is 5.24 Å². The fourth-order valence-electron chi connectivity index (χ4n) is 1.75. The Morgan fingerprint density at radius 2 is 1.87 bits per heavy atom. The highest BCUT2D eigenvalue weighted by Crippen LogP contribution is 2.34. The molecule has 0 aliphatic rings. The molecule has 1 heterocycles. The lowest BCUT2D eigenvalue weighted by molar-refractivity contribution is -0.137. The number of pyridine rings is 1. The summed E-state index contributed by atoms with van der Waals surface area (Å²) in [5.74, 6) is 0.387. The average molecular weight is 364 g/mol. The second kappa shape index (κ2) is 6.76. The van der Waals surface area contributed by atoms with E-state index in [-0.39, 0.29) is 10.7 Å². The van der Waals surface area contributed by atoms with Crippen LogP contribution in [-0.4, -0.2) is 16.3 Å². The number of alkyl halides is 3. The minimum atomic E-state index is -4.50. The molecule has 2 aromatic rings. The Morgan fingerprint density at radius 1 is 1.26 bits per heavy atom. The van der Waals surface area contributed by atoms with Crippen molar-refractivity contribution in [3.63, 3.8) is 0 Å². The quantitative estimate of drug-likeness (QED) is 0.721. The minimum absolute atomic E-state index is 0.113. The molecule has 1 aromatic heterocycles. The van der Waals surface area contributed by atoms with Crippen molar-refractivity contribution in [2.24, 2.45) is 0 Å². The first-order valence-corrected chi connectivity index (χ1v) is 7.13. The van der Waals surface area contributed by atoms with E-state index < -0.39 is 23.1 Å². The van der Waals surface area contributed by atoms with E-state index in [0.29, 0.717) is 11.3 Å². The zero-order chi connectivity index (χ0) is 17.2. The van der Waals surface area contributed by atoms with Crippen LogP contribution in [0.2, 0.25) is 5.02 Å². The second-order valence-corrected chi connectivity index (χ2v) is 5.42. The van der Waals surface area contributed by atoms with Crippen LogP contribution in [0.25, 0.3) is 11.3 Å². The number of halogens is 5. The van der Waals surface area contributed by atoms with Crippen molar-refractivity contribution in [1.29, 1.82) is 0 Å². The summed E-state index contributed by atoms with van der Waals surface area (Å²) in [4.78, 5) is 14.7. The highest BCUT2D eigenvalue weighted by atomic mass is 35.5. The molecule has 3 nitrogen and oxygen atoms in total. The lowest BCUT2D eigenvalue weighted by atomic mass is 10.1. The molecular weight excluding hydrogens is 354 g/mol. The summed E-state index contributed by atoms with van der Waals surface area (Å²) >= 11 is 11.2. The van der Waals surface area contributed by atoms with E-state index in [1.165, 1.54) is 6.92 Å². The zero-order valence-corrected chi connectivity index (χ0v) is 13.2. The van der Waals surface area contributed by atoms with Gasteiger partial charge in [0.05, 0.1) is 16.3 Å². The highest BCUT2D eigenvalue weighted by molar-refractivity contribution is 6.64. The largest absolute Gasteiger partial charge is 0.482 e. The molecule has 8 heteroatoms. The number of hydrogen-bond donors (Lipinski definition) is 0. The van der Waals surface area contributed by atoms with Gasteiger partial charge in [0.15, 0.2) is 6.10 Å². The fraction of sp³-hybridized carbons (Fsp3) is 0.200. The number of aromatic nitrogens is 1. The van der Waals surface area contributed by atoms with Gasteiger partial charge in [-0.3, -0.25) is 9.78 Å². The van der Waals surface area contributed by atoms with E-state index >= 15 is 0 Å². The lowest BCUT2D eigenvalue weighted by Gasteiger charge is -2.12. The van der Waals surface area contributed by atoms with Crippen LogP contribution in [0.1, 0.15) is 12.5 Å². The molecule has 1 atom stereocenters. The predicted molar refractivity (Wildman–Crippen MR) is 80.6 cm³/mol. The maximum atomic E-state index is 12.6.